The third-order valence-corrected chi connectivity index (χ3v) is 3.85. The highest BCUT2D eigenvalue weighted by Crippen LogP contribution is 2.25. The van der Waals surface area contributed by atoms with E-state index in [1.54, 1.807) is 6.08 Å². The minimum absolute atomic E-state index is 0.236. The smallest absolute Gasteiger partial charge is 0.240 e. The number of rotatable bonds is 8. The van der Waals surface area contributed by atoms with Gasteiger partial charge in [-0.05, 0) is 24.0 Å². The predicted octanol–water partition coefficient (Wildman–Crippen LogP) is 2.75. The first-order valence-electron chi connectivity index (χ1n) is 7.94. The van der Waals surface area contributed by atoms with Gasteiger partial charge in [0.2, 0.25) is 11.8 Å². The van der Waals surface area contributed by atoms with E-state index in [0.717, 1.165) is 11.1 Å². The maximum Gasteiger partial charge on any atom is 0.240 e. The third kappa shape index (κ3) is 4.56. The van der Waals surface area contributed by atoms with Gasteiger partial charge in [0.15, 0.2) is 0 Å². The molecule has 0 fully saturated rings. The van der Waals surface area contributed by atoms with Gasteiger partial charge in [-0.1, -0.05) is 66.7 Å². The zero-order chi connectivity index (χ0) is 17.4. The first-order chi connectivity index (χ1) is 11.6. The molecule has 0 aliphatic heterocycles. The molecule has 1 atom stereocenters. The lowest BCUT2D eigenvalue weighted by Gasteiger charge is -2.21. The molecule has 0 radical (unpaired) electrons. The van der Waals surface area contributed by atoms with E-state index in [1.807, 2.05) is 60.7 Å². The van der Waals surface area contributed by atoms with Gasteiger partial charge in [0, 0.05) is 0 Å². The Hall–Kier alpha value is -2.88. The first-order valence-corrected chi connectivity index (χ1v) is 7.94. The highest BCUT2D eigenvalue weighted by Gasteiger charge is 2.26. The number of hydrogen-bond donors (Lipinski definition) is 2. The number of hydrogen-bond acceptors (Lipinski definition) is 2. The van der Waals surface area contributed by atoms with Gasteiger partial charge < -0.3 is 11.1 Å². The van der Waals surface area contributed by atoms with Crippen molar-refractivity contribution in [3.8, 4) is 0 Å². The van der Waals surface area contributed by atoms with E-state index in [1.165, 1.54) is 0 Å². The van der Waals surface area contributed by atoms with Crippen molar-refractivity contribution in [1.82, 2.24) is 5.32 Å². The molecule has 2 aromatic carbocycles. The van der Waals surface area contributed by atoms with Crippen LogP contribution in [0.5, 0.6) is 0 Å². The van der Waals surface area contributed by atoms with E-state index in [4.69, 9.17) is 5.73 Å². The summed E-state index contributed by atoms with van der Waals surface area (Å²) in [6, 6.07) is 18.3. The second-order valence-electron chi connectivity index (χ2n) is 5.58. The van der Waals surface area contributed by atoms with Gasteiger partial charge in [-0.2, -0.15) is 0 Å². The van der Waals surface area contributed by atoms with E-state index in [-0.39, 0.29) is 5.91 Å². The molecular weight excluding hydrogens is 300 g/mol. The van der Waals surface area contributed by atoms with Crippen LogP contribution >= 0.6 is 0 Å². The van der Waals surface area contributed by atoms with Crippen LogP contribution < -0.4 is 11.1 Å². The maximum absolute atomic E-state index is 12.9. The van der Waals surface area contributed by atoms with Gasteiger partial charge in [0.25, 0.3) is 0 Å². The molecule has 0 aromatic heterocycles. The summed E-state index contributed by atoms with van der Waals surface area (Å²) in [5.74, 6) is -1.26. The van der Waals surface area contributed by atoms with E-state index in [9.17, 15) is 9.59 Å². The van der Waals surface area contributed by atoms with Crippen molar-refractivity contribution >= 4 is 11.8 Å². The van der Waals surface area contributed by atoms with Gasteiger partial charge in [0.05, 0.1) is 5.92 Å². The molecule has 124 valence electrons. The number of allylic oxidation sites excluding steroid dienone is 1. The van der Waals surface area contributed by atoms with Crippen molar-refractivity contribution in [3.05, 3.63) is 84.4 Å². The molecule has 0 bridgehead atoms. The molecule has 2 aromatic rings. The lowest BCUT2D eigenvalue weighted by atomic mass is 9.90. The minimum atomic E-state index is -0.703. The molecule has 0 saturated carbocycles. The number of primary amides is 1. The van der Waals surface area contributed by atoms with Crippen LogP contribution in [0.3, 0.4) is 0 Å². The molecule has 0 spiro atoms. The van der Waals surface area contributed by atoms with Gasteiger partial charge in [-0.3, -0.25) is 9.59 Å². The molecule has 4 heteroatoms. The van der Waals surface area contributed by atoms with E-state index in [2.05, 4.69) is 11.9 Å². The Labute approximate surface area is 142 Å². The Morgan fingerprint density at radius 3 is 1.92 bits per heavy atom. The summed E-state index contributed by atoms with van der Waals surface area (Å²) in [6.07, 6.45) is 2.75. The zero-order valence-electron chi connectivity index (χ0n) is 13.5. The second-order valence-corrected chi connectivity index (χ2v) is 5.58. The fourth-order valence-corrected chi connectivity index (χ4v) is 2.61. The summed E-state index contributed by atoms with van der Waals surface area (Å²) in [6.45, 7) is 3.64. The van der Waals surface area contributed by atoms with Gasteiger partial charge in [0.1, 0.15) is 6.04 Å². The highest BCUT2D eigenvalue weighted by molar-refractivity contribution is 5.91. The Balaban J connectivity index is 2.28. The predicted molar refractivity (Wildman–Crippen MR) is 95.3 cm³/mol. The fourth-order valence-electron chi connectivity index (χ4n) is 2.61. The summed E-state index contributed by atoms with van der Waals surface area (Å²) in [4.78, 5) is 24.5. The van der Waals surface area contributed by atoms with Crippen LogP contribution in [0.15, 0.2) is 73.3 Å². The molecule has 4 nitrogen and oxygen atoms in total. The standard InChI is InChI=1S/C20H22N2O2/c1-2-3-14-17(19(21)23)22-20(24)18(15-10-6-4-7-11-15)16-12-8-5-9-13-16/h2,4-13,17-18H,1,3,14H2,(H2,21,23)(H,22,24)/t17-/m1/s1. The molecule has 24 heavy (non-hydrogen) atoms. The van der Waals surface area contributed by atoms with Crippen molar-refractivity contribution in [2.75, 3.05) is 0 Å². The lowest BCUT2D eigenvalue weighted by Crippen LogP contribution is -2.46. The van der Waals surface area contributed by atoms with Crippen LogP contribution in [0.4, 0.5) is 0 Å². The van der Waals surface area contributed by atoms with Gasteiger partial charge in [-0.25, -0.2) is 0 Å². The summed E-state index contributed by atoms with van der Waals surface area (Å²) in [5.41, 5.74) is 7.15. The Morgan fingerprint density at radius 1 is 1.00 bits per heavy atom. The maximum atomic E-state index is 12.9. The fraction of sp³-hybridized carbons (Fsp3) is 0.200. The molecular formula is C20H22N2O2. The monoisotopic (exact) mass is 322 g/mol. The molecule has 0 heterocycles. The molecule has 2 amide bonds. The lowest BCUT2D eigenvalue weighted by molar-refractivity contribution is -0.127. The summed E-state index contributed by atoms with van der Waals surface area (Å²) in [7, 11) is 0. The number of carbonyl (C=O) groups is 2. The van der Waals surface area contributed by atoms with Crippen molar-refractivity contribution in [3.63, 3.8) is 0 Å². The SMILES string of the molecule is C=CCC[C@@H](NC(=O)C(c1ccccc1)c1ccccc1)C(N)=O. The van der Waals surface area contributed by atoms with Crippen LogP contribution in [0.25, 0.3) is 0 Å². The van der Waals surface area contributed by atoms with Gasteiger partial charge in [-0.15, -0.1) is 6.58 Å². The Kier molecular flexibility index (Phi) is 6.32. The number of benzene rings is 2. The number of nitrogens with one attached hydrogen (secondary N) is 1. The molecule has 0 unspecified atom stereocenters. The molecule has 0 saturated heterocycles. The number of carbonyl (C=O) groups excluding carboxylic acids is 2. The number of amides is 2. The van der Waals surface area contributed by atoms with Gasteiger partial charge >= 0.3 is 0 Å². The first kappa shape index (κ1) is 17.5. The largest absolute Gasteiger partial charge is 0.368 e. The van der Waals surface area contributed by atoms with Crippen LogP contribution in [0.1, 0.15) is 29.9 Å². The summed E-state index contributed by atoms with van der Waals surface area (Å²) >= 11 is 0. The number of nitrogens with two attached hydrogens (primary N) is 1. The zero-order valence-corrected chi connectivity index (χ0v) is 13.5. The van der Waals surface area contributed by atoms with Crippen molar-refractivity contribution in [2.24, 2.45) is 5.73 Å². The van der Waals surface area contributed by atoms with Crippen molar-refractivity contribution in [2.45, 2.75) is 24.8 Å². The van der Waals surface area contributed by atoms with Crippen LogP contribution in [-0.4, -0.2) is 17.9 Å². The molecule has 0 aliphatic carbocycles. The minimum Gasteiger partial charge on any atom is -0.368 e. The Morgan fingerprint density at radius 2 is 1.50 bits per heavy atom. The van der Waals surface area contributed by atoms with Crippen molar-refractivity contribution in [1.29, 1.82) is 0 Å². The highest BCUT2D eigenvalue weighted by atomic mass is 16.2. The second kappa shape index (κ2) is 8.67. The molecule has 3 N–H and O–H groups in total. The van der Waals surface area contributed by atoms with E-state index in [0.29, 0.717) is 12.8 Å². The van der Waals surface area contributed by atoms with E-state index < -0.39 is 17.9 Å². The van der Waals surface area contributed by atoms with Crippen LogP contribution in [0, 0.1) is 0 Å². The topological polar surface area (TPSA) is 72.2 Å². The Bertz CT molecular complexity index is 644. The third-order valence-electron chi connectivity index (χ3n) is 3.85. The summed E-state index contributed by atoms with van der Waals surface area (Å²) in [5, 5.41) is 2.79. The van der Waals surface area contributed by atoms with E-state index >= 15 is 0 Å². The average molecular weight is 322 g/mol. The summed E-state index contributed by atoms with van der Waals surface area (Å²) < 4.78 is 0. The van der Waals surface area contributed by atoms with Crippen LogP contribution in [-0.2, 0) is 9.59 Å². The van der Waals surface area contributed by atoms with Crippen LogP contribution in [0.2, 0.25) is 0 Å². The quantitative estimate of drug-likeness (QED) is 0.734. The molecule has 2 rings (SSSR count). The van der Waals surface area contributed by atoms with Crippen molar-refractivity contribution < 1.29 is 9.59 Å². The molecule has 0 aliphatic rings. The normalized spacial score (nSPS) is 11.7. The average Bonchev–Trinajstić information content (AvgIpc) is 2.60.